The van der Waals surface area contributed by atoms with Crippen LogP contribution in [0.3, 0.4) is 0 Å². The summed E-state index contributed by atoms with van der Waals surface area (Å²) in [6.45, 7) is 13.6. The maximum atomic E-state index is 4.69. The number of aromatic nitrogens is 2. The summed E-state index contributed by atoms with van der Waals surface area (Å²) in [5, 5.41) is 0. The zero-order chi connectivity index (χ0) is 16.1. The van der Waals surface area contributed by atoms with Gasteiger partial charge in [0.2, 0.25) is 0 Å². The molecule has 2 fully saturated rings. The highest BCUT2D eigenvalue weighted by molar-refractivity contribution is 5.43. The molecule has 23 heavy (non-hydrogen) atoms. The standard InChI is InChI=1S/C18H31N5/c1-16-15-19-17(2)18(20-16)23-13-11-22(12-14-23)10-9-21-7-5-3-4-6-8-21/h15H,3-14H2,1-2H3. The molecule has 0 aromatic carbocycles. The lowest BCUT2D eigenvalue weighted by atomic mass is 10.2. The van der Waals surface area contributed by atoms with E-state index < -0.39 is 0 Å². The normalized spacial score (nSPS) is 21.4. The van der Waals surface area contributed by atoms with Crippen LogP contribution in [0, 0.1) is 13.8 Å². The average molecular weight is 317 g/mol. The third kappa shape index (κ3) is 4.64. The van der Waals surface area contributed by atoms with Gasteiger partial charge >= 0.3 is 0 Å². The molecule has 0 spiro atoms. The SMILES string of the molecule is Cc1cnc(C)c(N2CCN(CCN3CCCCCC3)CC2)n1. The predicted molar refractivity (Wildman–Crippen MR) is 95.1 cm³/mol. The first-order chi connectivity index (χ1) is 11.2. The Bertz CT molecular complexity index is 488. The second kappa shape index (κ2) is 8.06. The number of hydrogen-bond donors (Lipinski definition) is 0. The fraction of sp³-hybridized carbons (Fsp3) is 0.778. The Morgan fingerprint density at radius 1 is 0.826 bits per heavy atom. The smallest absolute Gasteiger partial charge is 0.150 e. The Morgan fingerprint density at radius 3 is 2.09 bits per heavy atom. The molecule has 0 bridgehead atoms. The van der Waals surface area contributed by atoms with E-state index in [0.717, 1.165) is 43.4 Å². The molecule has 5 heteroatoms. The Hall–Kier alpha value is -1.20. The van der Waals surface area contributed by atoms with Crippen LogP contribution in [0.5, 0.6) is 0 Å². The number of piperazine rings is 1. The maximum absolute atomic E-state index is 4.69. The van der Waals surface area contributed by atoms with Crippen molar-refractivity contribution in [3.05, 3.63) is 17.6 Å². The summed E-state index contributed by atoms with van der Waals surface area (Å²) in [6.07, 6.45) is 7.48. The number of hydrogen-bond acceptors (Lipinski definition) is 5. The number of nitrogens with zero attached hydrogens (tertiary/aromatic N) is 5. The second-order valence-corrected chi connectivity index (χ2v) is 7.00. The minimum atomic E-state index is 1.01. The molecule has 1 aromatic rings. The average Bonchev–Trinajstić information content (AvgIpc) is 2.84. The Kier molecular flexibility index (Phi) is 5.84. The third-order valence-electron chi connectivity index (χ3n) is 5.15. The van der Waals surface area contributed by atoms with Gasteiger partial charge in [0.05, 0.1) is 11.4 Å². The molecular formula is C18H31N5. The van der Waals surface area contributed by atoms with Crippen LogP contribution >= 0.6 is 0 Å². The Balaban J connectivity index is 1.45. The van der Waals surface area contributed by atoms with Crippen molar-refractivity contribution in [2.75, 3.05) is 57.3 Å². The summed E-state index contributed by atoms with van der Waals surface area (Å²) in [4.78, 5) is 16.8. The van der Waals surface area contributed by atoms with Gasteiger partial charge in [0.1, 0.15) is 5.82 Å². The zero-order valence-corrected chi connectivity index (χ0v) is 14.8. The van der Waals surface area contributed by atoms with Gasteiger partial charge in [-0.2, -0.15) is 0 Å². The van der Waals surface area contributed by atoms with Gasteiger partial charge in [-0.1, -0.05) is 12.8 Å². The number of likely N-dealkylation sites (tertiary alicyclic amines) is 1. The van der Waals surface area contributed by atoms with Crippen molar-refractivity contribution in [2.45, 2.75) is 39.5 Å². The molecule has 0 amide bonds. The topological polar surface area (TPSA) is 35.5 Å². The van der Waals surface area contributed by atoms with E-state index in [4.69, 9.17) is 0 Å². The van der Waals surface area contributed by atoms with Crippen molar-refractivity contribution in [1.82, 2.24) is 19.8 Å². The lowest BCUT2D eigenvalue weighted by Crippen LogP contribution is -2.49. The van der Waals surface area contributed by atoms with Crippen LogP contribution in [0.25, 0.3) is 0 Å². The first-order valence-corrected chi connectivity index (χ1v) is 9.22. The third-order valence-corrected chi connectivity index (χ3v) is 5.15. The van der Waals surface area contributed by atoms with E-state index in [1.165, 1.54) is 51.9 Å². The number of aryl methyl sites for hydroxylation is 2. The van der Waals surface area contributed by atoms with Gasteiger partial charge in [-0.15, -0.1) is 0 Å². The van der Waals surface area contributed by atoms with E-state index >= 15 is 0 Å². The van der Waals surface area contributed by atoms with E-state index in [9.17, 15) is 0 Å². The van der Waals surface area contributed by atoms with Crippen LogP contribution < -0.4 is 4.90 Å². The van der Waals surface area contributed by atoms with Crippen molar-refractivity contribution < 1.29 is 0 Å². The highest BCUT2D eigenvalue weighted by Crippen LogP contribution is 2.17. The lowest BCUT2D eigenvalue weighted by molar-refractivity contribution is 0.199. The van der Waals surface area contributed by atoms with Crippen molar-refractivity contribution in [1.29, 1.82) is 0 Å². The van der Waals surface area contributed by atoms with Crippen LogP contribution in [0.2, 0.25) is 0 Å². The van der Waals surface area contributed by atoms with Crippen molar-refractivity contribution >= 4 is 5.82 Å². The maximum Gasteiger partial charge on any atom is 0.150 e. The minimum Gasteiger partial charge on any atom is -0.353 e. The molecule has 128 valence electrons. The summed E-state index contributed by atoms with van der Waals surface area (Å²) in [5.41, 5.74) is 2.06. The molecule has 0 aliphatic carbocycles. The molecule has 0 radical (unpaired) electrons. The quantitative estimate of drug-likeness (QED) is 0.850. The first kappa shape index (κ1) is 16.7. The Labute approximate surface area is 140 Å². The lowest BCUT2D eigenvalue weighted by Gasteiger charge is -2.36. The molecule has 2 aliphatic heterocycles. The van der Waals surface area contributed by atoms with E-state index in [-0.39, 0.29) is 0 Å². The van der Waals surface area contributed by atoms with Crippen LogP contribution in [0.4, 0.5) is 5.82 Å². The minimum absolute atomic E-state index is 1.01. The summed E-state index contributed by atoms with van der Waals surface area (Å²) >= 11 is 0. The van der Waals surface area contributed by atoms with Crippen LogP contribution in [-0.4, -0.2) is 72.1 Å². The molecule has 5 nitrogen and oxygen atoms in total. The summed E-state index contributed by atoms with van der Waals surface area (Å²) in [7, 11) is 0. The highest BCUT2D eigenvalue weighted by Gasteiger charge is 2.20. The van der Waals surface area contributed by atoms with E-state index in [2.05, 4.69) is 31.6 Å². The van der Waals surface area contributed by atoms with Gasteiger partial charge in [-0.05, 0) is 39.8 Å². The Morgan fingerprint density at radius 2 is 1.43 bits per heavy atom. The molecular weight excluding hydrogens is 286 g/mol. The molecule has 0 atom stereocenters. The van der Waals surface area contributed by atoms with Gasteiger partial charge in [-0.3, -0.25) is 9.88 Å². The van der Waals surface area contributed by atoms with Crippen molar-refractivity contribution in [3.8, 4) is 0 Å². The predicted octanol–water partition coefficient (Wildman–Crippen LogP) is 2.09. The van der Waals surface area contributed by atoms with Crippen molar-refractivity contribution in [3.63, 3.8) is 0 Å². The van der Waals surface area contributed by atoms with Gasteiger partial charge in [-0.25, -0.2) is 4.98 Å². The highest BCUT2D eigenvalue weighted by atomic mass is 15.3. The molecule has 0 unspecified atom stereocenters. The number of rotatable bonds is 4. The molecule has 2 saturated heterocycles. The molecule has 2 aliphatic rings. The fourth-order valence-corrected chi connectivity index (χ4v) is 3.65. The monoisotopic (exact) mass is 317 g/mol. The fourth-order valence-electron chi connectivity index (χ4n) is 3.65. The van der Waals surface area contributed by atoms with E-state index in [0.29, 0.717) is 0 Å². The summed E-state index contributed by atoms with van der Waals surface area (Å²) in [6, 6.07) is 0. The van der Waals surface area contributed by atoms with Gasteiger partial charge in [0.25, 0.3) is 0 Å². The van der Waals surface area contributed by atoms with Crippen LogP contribution in [-0.2, 0) is 0 Å². The zero-order valence-electron chi connectivity index (χ0n) is 14.8. The van der Waals surface area contributed by atoms with Crippen LogP contribution in [0.15, 0.2) is 6.20 Å². The largest absolute Gasteiger partial charge is 0.353 e. The molecule has 0 N–H and O–H groups in total. The molecule has 3 rings (SSSR count). The van der Waals surface area contributed by atoms with Gasteiger partial charge < -0.3 is 9.80 Å². The molecule has 3 heterocycles. The molecule has 1 aromatic heterocycles. The van der Waals surface area contributed by atoms with E-state index in [1.807, 2.05) is 13.1 Å². The van der Waals surface area contributed by atoms with Crippen molar-refractivity contribution in [2.24, 2.45) is 0 Å². The summed E-state index contributed by atoms with van der Waals surface area (Å²) in [5.74, 6) is 1.08. The van der Waals surface area contributed by atoms with Crippen LogP contribution in [0.1, 0.15) is 37.1 Å². The second-order valence-electron chi connectivity index (χ2n) is 7.00. The summed E-state index contributed by atoms with van der Waals surface area (Å²) < 4.78 is 0. The first-order valence-electron chi connectivity index (χ1n) is 9.22. The molecule has 0 saturated carbocycles. The number of anilines is 1. The van der Waals surface area contributed by atoms with E-state index in [1.54, 1.807) is 0 Å². The van der Waals surface area contributed by atoms with Gasteiger partial charge in [0.15, 0.2) is 0 Å². The van der Waals surface area contributed by atoms with Gasteiger partial charge in [0, 0.05) is 45.5 Å².